The summed E-state index contributed by atoms with van der Waals surface area (Å²) < 4.78 is 21.8. The molecule has 0 bridgehead atoms. The van der Waals surface area contributed by atoms with E-state index in [1.54, 1.807) is 13.2 Å². The highest BCUT2D eigenvalue weighted by Gasteiger charge is 2.51. The first kappa shape index (κ1) is 27.3. The summed E-state index contributed by atoms with van der Waals surface area (Å²) in [6, 6.07) is -1.23. The Labute approximate surface area is 192 Å². The number of likely N-dealkylation sites (tertiary alicyclic amines) is 1. The van der Waals surface area contributed by atoms with Crippen LogP contribution in [0, 0.1) is 5.92 Å². The highest BCUT2D eigenvalue weighted by molar-refractivity contribution is 7.99. The van der Waals surface area contributed by atoms with E-state index in [1.165, 1.54) is 0 Å². The van der Waals surface area contributed by atoms with Crippen molar-refractivity contribution >= 4 is 37.1 Å². The summed E-state index contributed by atoms with van der Waals surface area (Å²) in [7, 11) is -3.12. The van der Waals surface area contributed by atoms with Gasteiger partial charge in [0.25, 0.3) is 0 Å². The number of phosphoric acid groups is 1. The van der Waals surface area contributed by atoms with Gasteiger partial charge in [0, 0.05) is 6.54 Å². The molecule has 2 fully saturated rings. The van der Waals surface area contributed by atoms with Gasteiger partial charge in [0.1, 0.15) is 29.9 Å². The number of phosphoric ester groups is 1. The Morgan fingerprint density at radius 2 is 2.03 bits per heavy atom. The fraction of sp³-hybridized carbons (Fsp3) is 0.944. The van der Waals surface area contributed by atoms with Crippen molar-refractivity contribution in [1.82, 2.24) is 10.2 Å². The molecule has 0 radical (unpaired) electrons. The normalized spacial score (nSPS) is 36.9. The van der Waals surface area contributed by atoms with Gasteiger partial charge in [-0.2, -0.15) is 0 Å². The third-order valence-electron chi connectivity index (χ3n) is 5.86. The van der Waals surface area contributed by atoms with E-state index in [0.717, 1.165) is 31.1 Å². The first-order chi connectivity index (χ1) is 14.4. The first-order valence-electron chi connectivity index (χ1n) is 10.3. The number of rotatable bonds is 9. The summed E-state index contributed by atoms with van der Waals surface area (Å²) in [4.78, 5) is 33.4. The number of halogens is 1. The lowest BCUT2D eigenvalue weighted by atomic mass is 9.92. The second-order valence-electron chi connectivity index (χ2n) is 8.30. The molecule has 0 aromatic carbocycles. The summed E-state index contributed by atoms with van der Waals surface area (Å²) in [6.07, 6.45) is -1.47. The number of hydrogen-bond acceptors (Lipinski definition) is 8. The molecule has 0 spiro atoms. The molecule has 5 N–H and O–H groups in total. The number of aliphatic hydroxyl groups excluding tert-OH is 2. The molecule has 2 rings (SSSR count). The lowest BCUT2D eigenvalue weighted by molar-refractivity contribution is -0.201. The molecular weight excluding hydrogens is 471 g/mol. The monoisotopic (exact) mass is 504 g/mol. The molecule has 2 heterocycles. The quantitative estimate of drug-likeness (QED) is 0.222. The lowest BCUT2D eigenvalue weighted by Crippen LogP contribution is -2.65. The number of hydrogen-bond donors (Lipinski definition) is 5. The van der Waals surface area contributed by atoms with Crippen LogP contribution in [-0.4, -0.2) is 98.0 Å². The van der Waals surface area contributed by atoms with Crippen molar-refractivity contribution in [3.05, 3.63) is 0 Å². The first-order valence-corrected chi connectivity index (χ1v) is 13.6. The van der Waals surface area contributed by atoms with Crippen LogP contribution >= 0.6 is 31.2 Å². The SMILES string of the molecule is CCCC1CC(C(=O)NC(C(C)Cl)C2OC(SC)C(O)C(OP(=O)(O)O)C2O)N(C)C1. The molecule has 0 aromatic heterocycles. The number of likely N-dealkylation sites (N-methyl/N-ethyl adjacent to an activating group) is 1. The van der Waals surface area contributed by atoms with Crippen molar-refractivity contribution in [3.8, 4) is 0 Å². The fourth-order valence-corrected chi connectivity index (χ4v) is 5.83. The average Bonchev–Trinajstić information content (AvgIpc) is 3.03. The van der Waals surface area contributed by atoms with Gasteiger partial charge in [0.2, 0.25) is 5.91 Å². The van der Waals surface area contributed by atoms with Gasteiger partial charge in [0.05, 0.1) is 17.5 Å². The summed E-state index contributed by atoms with van der Waals surface area (Å²) in [5, 5.41) is 23.3. The Balaban J connectivity index is 2.20. The maximum Gasteiger partial charge on any atom is 0.470 e. The number of carbonyl (C=O) groups is 1. The Morgan fingerprint density at radius 3 is 2.55 bits per heavy atom. The van der Waals surface area contributed by atoms with E-state index in [4.69, 9.17) is 16.3 Å². The molecule has 0 aromatic rings. The fourth-order valence-electron chi connectivity index (χ4n) is 4.38. The predicted molar refractivity (Wildman–Crippen MR) is 118 cm³/mol. The van der Waals surface area contributed by atoms with E-state index in [9.17, 15) is 29.4 Å². The lowest BCUT2D eigenvalue weighted by Gasteiger charge is -2.45. The van der Waals surface area contributed by atoms with Crippen molar-refractivity contribution in [2.24, 2.45) is 5.92 Å². The van der Waals surface area contributed by atoms with Crippen molar-refractivity contribution in [2.75, 3.05) is 19.8 Å². The molecule has 2 saturated heterocycles. The zero-order valence-corrected chi connectivity index (χ0v) is 20.6. The molecule has 9 atom stereocenters. The molecule has 10 nitrogen and oxygen atoms in total. The van der Waals surface area contributed by atoms with Crippen molar-refractivity contribution < 1.29 is 38.6 Å². The average molecular weight is 505 g/mol. The number of thioether (sulfide) groups is 1. The number of aliphatic hydroxyl groups is 2. The molecule has 2 aliphatic rings. The maximum absolute atomic E-state index is 13.0. The van der Waals surface area contributed by atoms with Crippen LogP contribution in [0.2, 0.25) is 0 Å². The number of ether oxygens (including phenoxy) is 1. The second kappa shape index (κ2) is 11.5. The Bertz CT molecular complexity index is 656. The number of carbonyl (C=O) groups excluding carboxylic acids is 1. The maximum atomic E-state index is 13.0. The van der Waals surface area contributed by atoms with Gasteiger partial charge in [-0.25, -0.2) is 4.57 Å². The minimum absolute atomic E-state index is 0.256. The smallest absolute Gasteiger partial charge is 0.387 e. The zero-order chi connectivity index (χ0) is 23.5. The van der Waals surface area contributed by atoms with Gasteiger partial charge in [-0.1, -0.05) is 13.3 Å². The summed E-state index contributed by atoms with van der Waals surface area (Å²) in [5.74, 6) is 0.167. The summed E-state index contributed by atoms with van der Waals surface area (Å²) >= 11 is 7.42. The van der Waals surface area contributed by atoms with Gasteiger partial charge in [-0.15, -0.1) is 23.4 Å². The van der Waals surface area contributed by atoms with Crippen LogP contribution in [0.25, 0.3) is 0 Å². The summed E-state index contributed by atoms with van der Waals surface area (Å²) in [6.45, 7) is 4.54. The second-order valence-corrected chi connectivity index (χ2v) is 11.1. The van der Waals surface area contributed by atoms with E-state index in [2.05, 4.69) is 16.8 Å². The van der Waals surface area contributed by atoms with Crippen molar-refractivity contribution in [2.45, 2.75) is 80.4 Å². The molecule has 13 heteroatoms. The van der Waals surface area contributed by atoms with Gasteiger partial charge in [0.15, 0.2) is 0 Å². The Morgan fingerprint density at radius 1 is 1.39 bits per heavy atom. The number of alkyl halides is 1. The Kier molecular flexibility index (Phi) is 10.1. The van der Waals surface area contributed by atoms with E-state index >= 15 is 0 Å². The molecule has 0 saturated carbocycles. The highest BCUT2D eigenvalue weighted by Crippen LogP contribution is 2.43. The van der Waals surface area contributed by atoms with Crippen LogP contribution in [-0.2, 0) is 18.6 Å². The third-order valence-corrected chi connectivity index (χ3v) is 7.51. The van der Waals surface area contributed by atoms with Crippen molar-refractivity contribution in [3.63, 3.8) is 0 Å². The largest absolute Gasteiger partial charge is 0.470 e. The minimum Gasteiger partial charge on any atom is -0.387 e. The van der Waals surface area contributed by atoms with E-state index in [0.29, 0.717) is 12.3 Å². The van der Waals surface area contributed by atoms with Crippen LogP contribution in [0.4, 0.5) is 0 Å². The standard InChI is InChI=1S/C18H34ClN2O8PS/c1-5-6-10-7-11(21(3)8-10)17(24)20-12(9(2)19)15-13(22)16(29-30(25,26)27)14(23)18(28-15)31-4/h9-16,18,22-23H,5-8H2,1-4H3,(H,20,24)(H2,25,26,27). The molecule has 2 aliphatic heterocycles. The molecule has 0 aliphatic carbocycles. The van der Waals surface area contributed by atoms with Gasteiger partial charge < -0.3 is 30.1 Å². The predicted octanol–water partition coefficient (Wildman–Crippen LogP) is 0.507. The van der Waals surface area contributed by atoms with Gasteiger partial charge >= 0.3 is 7.82 Å². The molecule has 9 unspecified atom stereocenters. The van der Waals surface area contributed by atoms with E-state index in [1.807, 2.05) is 11.9 Å². The van der Waals surface area contributed by atoms with E-state index < -0.39 is 49.1 Å². The zero-order valence-electron chi connectivity index (χ0n) is 18.1. The minimum atomic E-state index is -5.00. The number of nitrogens with zero attached hydrogens (tertiary/aromatic N) is 1. The van der Waals surface area contributed by atoms with Crippen LogP contribution < -0.4 is 5.32 Å². The molecular formula is C18H34ClN2O8PS. The van der Waals surface area contributed by atoms with Gasteiger partial charge in [-0.05, 0) is 39.0 Å². The molecule has 182 valence electrons. The van der Waals surface area contributed by atoms with Gasteiger partial charge in [-0.3, -0.25) is 14.2 Å². The van der Waals surface area contributed by atoms with Crippen LogP contribution in [0.3, 0.4) is 0 Å². The van der Waals surface area contributed by atoms with Crippen LogP contribution in [0.5, 0.6) is 0 Å². The molecule has 31 heavy (non-hydrogen) atoms. The topological polar surface area (TPSA) is 149 Å². The van der Waals surface area contributed by atoms with Crippen LogP contribution in [0.15, 0.2) is 0 Å². The summed E-state index contributed by atoms with van der Waals surface area (Å²) in [5.41, 5.74) is -0.942. The van der Waals surface area contributed by atoms with Crippen molar-refractivity contribution in [1.29, 1.82) is 0 Å². The Hall–Kier alpha value is 0.0600. The van der Waals surface area contributed by atoms with E-state index in [-0.39, 0.29) is 11.9 Å². The highest BCUT2D eigenvalue weighted by atomic mass is 35.5. The molecule has 1 amide bonds. The number of amides is 1. The van der Waals surface area contributed by atoms with Crippen LogP contribution in [0.1, 0.15) is 33.1 Å². The third kappa shape index (κ3) is 7.02. The number of nitrogens with one attached hydrogen (secondary N) is 1.